The Kier molecular flexibility index (Phi) is 6.10. The lowest BCUT2D eigenvalue weighted by Crippen LogP contribution is -2.12. The molecule has 0 aliphatic rings. The molecule has 0 unspecified atom stereocenters. The molecule has 0 saturated carbocycles. The Bertz CT molecular complexity index is 1260. The number of thiazole rings is 1. The maximum atomic E-state index is 13.6. The van der Waals surface area contributed by atoms with Crippen LogP contribution in [-0.4, -0.2) is 21.0 Å². The van der Waals surface area contributed by atoms with Crippen molar-refractivity contribution in [2.75, 3.05) is 5.32 Å². The first kappa shape index (κ1) is 21.1. The van der Waals surface area contributed by atoms with Gasteiger partial charge >= 0.3 is 0 Å². The van der Waals surface area contributed by atoms with Crippen LogP contribution < -0.4 is 5.32 Å². The summed E-state index contributed by atoms with van der Waals surface area (Å²) in [5.74, 6) is -0.729. The van der Waals surface area contributed by atoms with Crippen molar-refractivity contribution in [3.63, 3.8) is 0 Å². The van der Waals surface area contributed by atoms with Crippen molar-refractivity contribution in [1.82, 2.24) is 15.1 Å². The standard InChI is InChI=1S/C21H16F2N4O2S2/c1-11-19(13-7-8-15(22)16(23)9-13)25-21(31-11)26-20(28)14-5-3-4-6-17(14)30-10-18-24-12(2)27-29-18/h3-9H,10H2,1-2H3,(H,25,26,28). The fourth-order valence-corrected chi connectivity index (χ4v) is 4.56. The van der Waals surface area contributed by atoms with Gasteiger partial charge in [0.15, 0.2) is 22.6 Å². The maximum absolute atomic E-state index is 13.6. The van der Waals surface area contributed by atoms with Crippen LogP contribution in [0.4, 0.5) is 13.9 Å². The summed E-state index contributed by atoms with van der Waals surface area (Å²) in [5.41, 5.74) is 1.42. The van der Waals surface area contributed by atoms with Crippen LogP contribution in [-0.2, 0) is 5.75 Å². The SMILES string of the molecule is Cc1noc(CSc2ccccc2C(=O)Nc2nc(-c3ccc(F)c(F)c3)c(C)s2)n1. The van der Waals surface area contributed by atoms with Crippen molar-refractivity contribution < 1.29 is 18.1 Å². The third-order valence-corrected chi connectivity index (χ3v) is 6.21. The third kappa shape index (κ3) is 4.80. The molecule has 4 rings (SSSR count). The molecule has 0 spiro atoms. The minimum Gasteiger partial charge on any atom is -0.338 e. The lowest BCUT2D eigenvalue weighted by Gasteiger charge is -2.07. The molecule has 2 aromatic carbocycles. The molecule has 0 aliphatic carbocycles. The zero-order valence-corrected chi connectivity index (χ0v) is 18.1. The van der Waals surface area contributed by atoms with Gasteiger partial charge in [0.2, 0.25) is 5.89 Å². The van der Waals surface area contributed by atoms with Crippen molar-refractivity contribution in [2.24, 2.45) is 0 Å². The van der Waals surface area contributed by atoms with Crippen LogP contribution in [0.2, 0.25) is 0 Å². The third-order valence-electron chi connectivity index (χ3n) is 4.26. The van der Waals surface area contributed by atoms with Gasteiger partial charge in [-0.05, 0) is 44.2 Å². The number of aryl methyl sites for hydroxylation is 2. The van der Waals surface area contributed by atoms with E-state index in [1.54, 1.807) is 26.0 Å². The van der Waals surface area contributed by atoms with Crippen LogP contribution in [0.5, 0.6) is 0 Å². The summed E-state index contributed by atoms with van der Waals surface area (Å²) in [6.07, 6.45) is 0. The molecule has 6 nitrogen and oxygen atoms in total. The van der Waals surface area contributed by atoms with E-state index in [1.807, 2.05) is 12.1 Å². The monoisotopic (exact) mass is 458 g/mol. The van der Waals surface area contributed by atoms with Crippen LogP contribution in [0.15, 0.2) is 51.9 Å². The van der Waals surface area contributed by atoms with E-state index in [4.69, 9.17) is 4.52 Å². The highest BCUT2D eigenvalue weighted by Gasteiger charge is 2.17. The first-order chi connectivity index (χ1) is 14.9. The predicted octanol–water partition coefficient (Wildman–Crippen LogP) is 5.63. The number of halogens is 2. The van der Waals surface area contributed by atoms with E-state index < -0.39 is 11.6 Å². The highest BCUT2D eigenvalue weighted by atomic mass is 32.2. The minimum absolute atomic E-state index is 0.324. The number of nitrogens with one attached hydrogen (secondary N) is 1. The summed E-state index contributed by atoms with van der Waals surface area (Å²) in [4.78, 5) is 23.0. The first-order valence-electron chi connectivity index (χ1n) is 9.16. The molecule has 4 aromatic rings. The number of aromatic nitrogens is 3. The number of hydrogen-bond acceptors (Lipinski definition) is 7. The Morgan fingerprint density at radius 1 is 1.13 bits per heavy atom. The minimum atomic E-state index is -0.946. The van der Waals surface area contributed by atoms with E-state index in [-0.39, 0.29) is 5.91 Å². The van der Waals surface area contributed by atoms with Crippen molar-refractivity contribution in [3.8, 4) is 11.3 Å². The summed E-state index contributed by atoms with van der Waals surface area (Å²) in [6.45, 7) is 3.55. The van der Waals surface area contributed by atoms with Gasteiger partial charge in [-0.25, -0.2) is 13.8 Å². The molecule has 1 N–H and O–H groups in total. The number of carbonyl (C=O) groups is 1. The van der Waals surface area contributed by atoms with Crippen LogP contribution in [0.3, 0.4) is 0 Å². The first-order valence-corrected chi connectivity index (χ1v) is 11.0. The highest BCUT2D eigenvalue weighted by Crippen LogP contribution is 2.32. The molecule has 158 valence electrons. The molecule has 0 bridgehead atoms. The quantitative estimate of drug-likeness (QED) is 0.377. The van der Waals surface area contributed by atoms with Crippen molar-refractivity contribution >= 4 is 34.1 Å². The molecule has 10 heteroatoms. The van der Waals surface area contributed by atoms with E-state index >= 15 is 0 Å². The highest BCUT2D eigenvalue weighted by molar-refractivity contribution is 7.98. The van der Waals surface area contributed by atoms with Gasteiger partial charge < -0.3 is 4.52 Å². The van der Waals surface area contributed by atoms with Gasteiger partial charge in [-0.15, -0.1) is 23.1 Å². The zero-order chi connectivity index (χ0) is 22.0. The molecule has 0 aliphatic heterocycles. The van der Waals surface area contributed by atoms with Gasteiger partial charge in [-0.3, -0.25) is 10.1 Å². The number of nitrogens with zero attached hydrogens (tertiary/aromatic N) is 3. The number of rotatable bonds is 6. The second kappa shape index (κ2) is 8.94. The van der Waals surface area contributed by atoms with Crippen molar-refractivity contribution in [2.45, 2.75) is 24.5 Å². The number of anilines is 1. The average Bonchev–Trinajstić information content (AvgIpc) is 3.33. The number of hydrogen-bond donors (Lipinski definition) is 1. The molecular weight excluding hydrogens is 442 g/mol. The van der Waals surface area contributed by atoms with E-state index in [1.165, 1.54) is 29.2 Å². The number of carbonyl (C=O) groups excluding carboxylic acids is 1. The molecule has 31 heavy (non-hydrogen) atoms. The fourth-order valence-electron chi connectivity index (χ4n) is 2.84. The zero-order valence-electron chi connectivity index (χ0n) is 16.5. The van der Waals surface area contributed by atoms with Crippen LogP contribution >= 0.6 is 23.1 Å². The van der Waals surface area contributed by atoms with Gasteiger partial charge in [0, 0.05) is 15.3 Å². The summed E-state index contributed by atoms with van der Waals surface area (Å²) in [7, 11) is 0. The molecular formula is C21H16F2N4O2S2. The molecule has 0 saturated heterocycles. The summed E-state index contributed by atoms with van der Waals surface area (Å²) in [5, 5.41) is 6.92. The van der Waals surface area contributed by atoms with Crippen molar-refractivity contribution in [1.29, 1.82) is 0 Å². The second-order valence-corrected chi connectivity index (χ2v) is 8.75. The Labute approximate surface area is 184 Å². The number of thioether (sulfide) groups is 1. The van der Waals surface area contributed by atoms with Crippen LogP contribution in [0.25, 0.3) is 11.3 Å². The molecule has 0 fully saturated rings. The van der Waals surface area contributed by atoms with Gasteiger partial charge in [0.1, 0.15) is 0 Å². The number of amides is 1. The summed E-state index contributed by atoms with van der Waals surface area (Å²) in [6, 6.07) is 10.8. The summed E-state index contributed by atoms with van der Waals surface area (Å²) < 4.78 is 31.9. The van der Waals surface area contributed by atoms with E-state index in [0.29, 0.717) is 39.4 Å². The van der Waals surface area contributed by atoms with Gasteiger partial charge in [-0.1, -0.05) is 17.3 Å². The lowest BCUT2D eigenvalue weighted by atomic mass is 10.1. The topological polar surface area (TPSA) is 80.9 Å². The Morgan fingerprint density at radius 2 is 1.94 bits per heavy atom. The smallest absolute Gasteiger partial charge is 0.258 e. The van der Waals surface area contributed by atoms with Crippen LogP contribution in [0, 0.1) is 25.5 Å². The van der Waals surface area contributed by atoms with Crippen LogP contribution in [0.1, 0.15) is 27.0 Å². The summed E-state index contributed by atoms with van der Waals surface area (Å²) >= 11 is 2.67. The molecule has 1 amide bonds. The average molecular weight is 459 g/mol. The van der Waals surface area contributed by atoms with E-state index in [9.17, 15) is 13.6 Å². The van der Waals surface area contributed by atoms with E-state index in [2.05, 4.69) is 20.4 Å². The molecule has 2 heterocycles. The Balaban J connectivity index is 1.52. The Morgan fingerprint density at radius 3 is 2.68 bits per heavy atom. The van der Waals surface area contributed by atoms with Gasteiger partial charge in [0.05, 0.1) is 17.0 Å². The van der Waals surface area contributed by atoms with Gasteiger partial charge in [-0.2, -0.15) is 4.98 Å². The molecule has 2 aromatic heterocycles. The largest absolute Gasteiger partial charge is 0.338 e. The van der Waals surface area contributed by atoms with Crippen molar-refractivity contribution in [3.05, 3.63) is 76.3 Å². The fraction of sp³-hybridized carbons (Fsp3) is 0.143. The second-order valence-electron chi connectivity index (χ2n) is 6.53. The molecule has 0 atom stereocenters. The van der Waals surface area contributed by atoms with E-state index in [0.717, 1.165) is 21.9 Å². The normalized spacial score (nSPS) is 11.0. The number of benzene rings is 2. The lowest BCUT2D eigenvalue weighted by molar-refractivity contribution is 0.102. The maximum Gasteiger partial charge on any atom is 0.258 e. The predicted molar refractivity (Wildman–Crippen MR) is 115 cm³/mol. The molecule has 0 radical (unpaired) electrons. The van der Waals surface area contributed by atoms with Gasteiger partial charge in [0.25, 0.3) is 5.91 Å². The Hall–Kier alpha value is -3.11.